The van der Waals surface area contributed by atoms with E-state index in [-0.39, 0.29) is 0 Å². The lowest BCUT2D eigenvalue weighted by molar-refractivity contribution is 0.367. The van der Waals surface area contributed by atoms with Gasteiger partial charge in [0.1, 0.15) is 11.5 Å². The van der Waals surface area contributed by atoms with E-state index in [1.165, 1.54) is 33.4 Å². The second-order valence-electron chi connectivity index (χ2n) is 9.00. The highest BCUT2D eigenvalue weighted by Crippen LogP contribution is 2.33. The molecule has 0 fully saturated rings. The van der Waals surface area contributed by atoms with Crippen molar-refractivity contribution in [1.29, 1.82) is 0 Å². The predicted octanol–water partition coefficient (Wildman–Crippen LogP) is 6.84. The Kier molecular flexibility index (Phi) is 14.8. The molecule has 0 saturated heterocycles. The van der Waals surface area contributed by atoms with Gasteiger partial charge < -0.3 is 19.3 Å². The van der Waals surface area contributed by atoms with Crippen LogP contribution in [0.3, 0.4) is 0 Å². The van der Waals surface area contributed by atoms with Crippen molar-refractivity contribution in [2.45, 2.75) is 73.9 Å². The van der Waals surface area contributed by atoms with Crippen LogP contribution in [0.2, 0.25) is 0 Å². The second kappa shape index (κ2) is 15.7. The van der Waals surface area contributed by atoms with E-state index < -0.39 is 0 Å². The first-order valence-electron chi connectivity index (χ1n) is 12.2. The summed E-state index contributed by atoms with van der Waals surface area (Å²) in [5, 5.41) is 0. The van der Waals surface area contributed by atoms with E-state index in [9.17, 15) is 0 Å². The van der Waals surface area contributed by atoms with E-state index in [0.717, 1.165) is 31.0 Å². The molecule has 0 aromatic heterocycles. The molecule has 4 nitrogen and oxygen atoms in total. The van der Waals surface area contributed by atoms with Gasteiger partial charge in [-0.15, -0.1) is 0 Å². The van der Waals surface area contributed by atoms with E-state index in [4.69, 9.17) is 9.47 Å². The molecule has 188 valence electrons. The summed E-state index contributed by atoms with van der Waals surface area (Å²) < 4.78 is 10.9. The van der Waals surface area contributed by atoms with Crippen LogP contribution in [0, 0.1) is 13.8 Å². The maximum absolute atomic E-state index is 5.59. The summed E-state index contributed by atoms with van der Waals surface area (Å²) in [6.07, 6.45) is 1.06. The minimum Gasteiger partial charge on any atom is -0.496 e. The van der Waals surface area contributed by atoms with Gasteiger partial charge in [0.25, 0.3) is 0 Å². The molecule has 33 heavy (non-hydrogen) atoms. The number of aryl methyl sites for hydroxylation is 1. The molecule has 0 atom stereocenters. The maximum atomic E-state index is 5.59. The molecular weight excluding hydrogens is 408 g/mol. The first kappa shape index (κ1) is 31.0. The molecule has 0 saturated carbocycles. The van der Waals surface area contributed by atoms with Crippen molar-refractivity contribution >= 4 is 0 Å². The fourth-order valence-corrected chi connectivity index (χ4v) is 4.16. The molecule has 0 heterocycles. The van der Waals surface area contributed by atoms with Crippen LogP contribution in [0.15, 0.2) is 24.3 Å². The Morgan fingerprint density at radius 1 is 0.788 bits per heavy atom. The summed E-state index contributed by atoms with van der Waals surface area (Å²) in [5.74, 6) is 2.55. The molecule has 0 aliphatic rings. The summed E-state index contributed by atoms with van der Waals surface area (Å²) in [5.41, 5.74) is 8.02. The first-order valence-corrected chi connectivity index (χ1v) is 12.2. The average molecular weight is 459 g/mol. The molecule has 0 amide bonds. The van der Waals surface area contributed by atoms with Gasteiger partial charge in [0.05, 0.1) is 14.2 Å². The van der Waals surface area contributed by atoms with Crippen LogP contribution >= 0.6 is 0 Å². The second-order valence-corrected chi connectivity index (χ2v) is 9.00. The normalized spacial score (nSPS) is 10.5. The SMILES string of the molecule is CC.CCc1c(CN(C)C)ccc(OC)c1C.COc1c(CN(C)C)ccc(C)c1C(C)C. The van der Waals surface area contributed by atoms with Crippen molar-refractivity contribution in [1.82, 2.24) is 9.80 Å². The number of nitrogens with zero attached hydrogens (tertiary/aromatic N) is 2. The molecule has 4 heteroatoms. The van der Waals surface area contributed by atoms with Gasteiger partial charge >= 0.3 is 0 Å². The molecule has 2 rings (SSSR count). The summed E-state index contributed by atoms with van der Waals surface area (Å²) in [6, 6.07) is 8.59. The maximum Gasteiger partial charge on any atom is 0.127 e. The largest absolute Gasteiger partial charge is 0.496 e. The summed E-state index contributed by atoms with van der Waals surface area (Å²) >= 11 is 0. The highest BCUT2D eigenvalue weighted by molar-refractivity contribution is 5.48. The topological polar surface area (TPSA) is 24.9 Å². The molecule has 0 spiro atoms. The average Bonchev–Trinajstić information content (AvgIpc) is 2.76. The van der Waals surface area contributed by atoms with Crippen LogP contribution in [-0.4, -0.2) is 52.2 Å². The lowest BCUT2D eigenvalue weighted by atomic mass is 9.94. The Bertz CT molecular complexity index is 827. The number of hydrogen-bond donors (Lipinski definition) is 0. The van der Waals surface area contributed by atoms with Crippen molar-refractivity contribution in [3.8, 4) is 11.5 Å². The Balaban J connectivity index is 0.000000578. The fraction of sp³-hybridized carbons (Fsp3) is 0.586. The van der Waals surface area contributed by atoms with Crippen LogP contribution in [0.1, 0.15) is 73.9 Å². The van der Waals surface area contributed by atoms with Crippen molar-refractivity contribution in [3.05, 3.63) is 57.6 Å². The smallest absolute Gasteiger partial charge is 0.127 e. The number of rotatable bonds is 8. The van der Waals surface area contributed by atoms with E-state index >= 15 is 0 Å². The molecule has 0 aliphatic heterocycles. The summed E-state index contributed by atoms with van der Waals surface area (Å²) in [6.45, 7) is 16.8. The molecule has 0 unspecified atom stereocenters. The molecule has 0 bridgehead atoms. The van der Waals surface area contributed by atoms with Gasteiger partial charge in [0, 0.05) is 18.7 Å². The predicted molar refractivity (Wildman–Crippen MR) is 145 cm³/mol. The zero-order valence-corrected chi connectivity index (χ0v) is 23.7. The number of ether oxygens (including phenoxy) is 2. The molecular formula is C29H50N2O2. The van der Waals surface area contributed by atoms with Crippen LogP contribution in [0.25, 0.3) is 0 Å². The summed E-state index contributed by atoms with van der Waals surface area (Å²) in [4.78, 5) is 4.36. The Labute approximate surface area is 204 Å². The van der Waals surface area contributed by atoms with Gasteiger partial charge in [-0.2, -0.15) is 0 Å². The van der Waals surface area contributed by atoms with E-state index in [1.54, 1.807) is 14.2 Å². The zero-order chi connectivity index (χ0) is 25.7. The van der Waals surface area contributed by atoms with E-state index in [0.29, 0.717) is 5.92 Å². The van der Waals surface area contributed by atoms with Gasteiger partial charge in [-0.05, 0) is 88.3 Å². The molecule has 0 radical (unpaired) electrons. The third kappa shape index (κ3) is 9.38. The molecule has 2 aromatic rings. The Hall–Kier alpha value is -2.04. The van der Waals surface area contributed by atoms with E-state index in [2.05, 4.69) is 96.9 Å². The van der Waals surface area contributed by atoms with Crippen LogP contribution in [0.5, 0.6) is 11.5 Å². The zero-order valence-electron chi connectivity index (χ0n) is 23.7. The van der Waals surface area contributed by atoms with Gasteiger partial charge in [-0.25, -0.2) is 0 Å². The van der Waals surface area contributed by atoms with E-state index in [1.807, 2.05) is 13.8 Å². The first-order chi connectivity index (χ1) is 15.6. The lowest BCUT2D eigenvalue weighted by Gasteiger charge is -2.20. The standard InChI is InChI=1S/C14H23NO.C13H21NO.C2H6/c1-10(2)13-11(3)7-8-12(9-15(4)5)14(13)16-6;1-6-12-10(2)13(15-5)8-7-11(12)9-14(3)4;1-2/h7-8,10H,9H2,1-6H3;7-8H,6,9H2,1-5H3;1-2H3. The van der Waals surface area contributed by atoms with Gasteiger partial charge in [-0.3, -0.25) is 0 Å². The van der Waals surface area contributed by atoms with Crippen molar-refractivity contribution < 1.29 is 9.47 Å². The van der Waals surface area contributed by atoms with Crippen LogP contribution in [-0.2, 0) is 19.5 Å². The third-order valence-corrected chi connectivity index (χ3v) is 5.47. The Morgan fingerprint density at radius 2 is 1.30 bits per heavy atom. The molecule has 0 aliphatic carbocycles. The third-order valence-electron chi connectivity index (χ3n) is 5.47. The number of methoxy groups -OCH3 is 2. The number of hydrogen-bond acceptors (Lipinski definition) is 4. The quantitative estimate of drug-likeness (QED) is 0.432. The number of benzene rings is 2. The highest BCUT2D eigenvalue weighted by atomic mass is 16.5. The van der Waals surface area contributed by atoms with Crippen molar-refractivity contribution in [3.63, 3.8) is 0 Å². The summed E-state index contributed by atoms with van der Waals surface area (Å²) in [7, 11) is 11.8. The Morgan fingerprint density at radius 3 is 1.73 bits per heavy atom. The minimum atomic E-state index is 0.497. The van der Waals surface area contributed by atoms with Crippen molar-refractivity contribution in [2.75, 3.05) is 42.4 Å². The van der Waals surface area contributed by atoms with Gasteiger partial charge in [0.2, 0.25) is 0 Å². The van der Waals surface area contributed by atoms with Crippen LogP contribution < -0.4 is 9.47 Å². The lowest BCUT2D eigenvalue weighted by Crippen LogP contribution is -2.13. The fourth-order valence-electron chi connectivity index (χ4n) is 4.16. The van der Waals surface area contributed by atoms with Gasteiger partial charge in [-0.1, -0.05) is 52.8 Å². The van der Waals surface area contributed by atoms with Crippen LogP contribution in [0.4, 0.5) is 0 Å². The van der Waals surface area contributed by atoms with Crippen molar-refractivity contribution in [2.24, 2.45) is 0 Å². The minimum absolute atomic E-state index is 0.497. The highest BCUT2D eigenvalue weighted by Gasteiger charge is 2.15. The monoisotopic (exact) mass is 458 g/mol. The van der Waals surface area contributed by atoms with Gasteiger partial charge in [0.15, 0.2) is 0 Å². The molecule has 0 N–H and O–H groups in total. The molecule has 2 aromatic carbocycles.